The predicted octanol–water partition coefficient (Wildman–Crippen LogP) is 2.93. The van der Waals surface area contributed by atoms with Crippen LogP contribution >= 0.6 is 0 Å². The summed E-state index contributed by atoms with van der Waals surface area (Å²) in [5.41, 5.74) is 1.64. The summed E-state index contributed by atoms with van der Waals surface area (Å²) in [5.74, 6) is 1.10. The minimum absolute atomic E-state index is 0.183. The Morgan fingerprint density at radius 3 is 2.44 bits per heavy atom. The monoisotopic (exact) mass is 358 g/mol. The van der Waals surface area contributed by atoms with Crippen LogP contribution in [-0.2, 0) is 14.8 Å². The van der Waals surface area contributed by atoms with Crippen molar-refractivity contribution in [3.63, 3.8) is 0 Å². The number of methoxy groups -OCH3 is 1. The number of nitrogens with one attached hydrogen (secondary N) is 1. The van der Waals surface area contributed by atoms with E-state index in [9.17, 15) is 8.42 Å². The molecule has 1 heterocycles. The summed E-state index contributed by atoms with van der Waals surface area (Å²) in [4.78, 5) is 4.45. The summed E-state index contributed by atoms with van der Waals surface area (Å²) < 4.78 is 37.4. The molecule has 25 heavy (non-hydrogen) atoms. The van der Waals surface area contributed by atoms with Crippen LogP contribution in [0.4, 0.5) is 0 Å². The van der Waals surface area contributed by atoms with Crippen molar-refractivity contribution in [2.75, 3.05) is 20.3 Å². The van der Waals surface area contributed by atoms with Gasteiger partial charge < -0.3 is 9.15 Å². The number of benzene rings is 2. The first-order valence-electron chi connectivity index (χ1n) is 7.70. The average molecular weight is 358 g/mol. The molecule has 0 spiro atoms. The molecule has 3 aromatic rings. The van der Waals surface area contributed by atoms with E-state index in [2.05, 4.69) is 9.71 Å². The van der Waals surface area contributed by atoms with E-state index >= 15 is 0 Å². The molecule has 0 saturated heterocycles. The molecule has 0 fully saturated rings. The number of hydrogen-bond acceptors (Lipinski definition) is 5. The summed E-state index contributed by atoms with van der Waals surface area (Å²) in [7, 11) is -2.03. The maximum absolute atomic E-state index is 12.1. The van der Waals surface area contributed by atoms with Gasteiger partial charge in [0.2, 0.25) is 15.9 Å². The molecule has 2 aromatic carbocycles. The van der Waals surface area contributed by atoms with Gasteiger partial charge in [0.15, 0.2) is 5.76 Å². The first-order valence-corrected chi connectivity index (χ1v) is 9.19. The van der Waals surface area contributed by atoms with E-state index < -0.39 is 10.0 Å². The van der Waals surface area contributed by atoms with Crippen LogP contribution in [0.25, 0.3) is 22.8 Å². The number of sulfonamides is 1. The molecule has 130 valence electrons. The number of hydrogen-bond donors (Lipinski definition) is 1. The maximum Gasteiger partial charge on any atom is 0.240 e. The molecule has 0 atom stereocenters. The third-order valence-corrected chi connectivity index (χ3v) is 5.05. The highest BCUT2D eigenvalue weighted by atomic mass is 32.2. The van der Waals surface area contributed by atoms with Gasteiger partial charge in [0.05, 0.1) is 17.7 Å². The van der Waals surface area contributed by atoms with Crippen LogP contribution in [0.1, 0.15) is 0 Å². The first kappa shape index (κ1) is 17.3. The van der Waals surface area contributed by atoms with Gasteiger partial charge >= 0.3 is 0 Å². The highest BCUT2D eigenvalue weighted by Gasteiger charge is 2.14. The van der Waals surface area contributed by atoms with E-state index in [-0.39, 0.29) is 11.4 Å². The average Bonchev–Trinajstić information content (AvgIpc) is 3.13. The SMILES string of the molecule is COCCNS(=O)(=O)c1ccc(-c2ncc(-c3ccccc3)o2)cc1. The van der Waals surface area contributed by atoms with Crippen LogP contribution in [-0.4, -0.2) is 33.7 Å². The van der Waals surface area contributed by atoms with E-state index in [0.717, 1.165) is 5.56 Å². The molecule has 0 aliphatic rings. The van der Waals surface area contributed by atoms with Crippen molar-refractivity contribution >= 4 is 10.0 Å². The Bertz CT molecular complexity index is 919. The van der Waals surface area contributed by atoms with Crippen LogP contribution in [0.3, 0.4) is 0 Å². The van der Waals surface area contributed by atoms with Crippen molar-refractivity contribution < 1.29 is 17.6 Å². The smallest absolute Gasteiger partial charge is 0.240 e. The molecule has 1 aromatic heterocycles. The van der Waals surface area contributed by atoms with E-state index in [0.29, 0.717) is 23.8 Å². The summed E-state index contributed by atoms with van der Waals surface area (Å²) in [6, 6.07) is 16.0. The van der Waals surface area contributed by atoms with Crippen molar-refractivity contribution in [2.45, 2.75) is 4.90 Å². The zero-order chi connectivity index (χ0) is 17.7. The number of nitrogens with zero attached hydrogens (tertiary/aromatic N) is 1. The lowest BCUT2D eigenvalue weighted by Gasteiger charge is -2.06. The molecule has 0 aliphatic carbocycles. The lowest BCUT2D eigenvalue weighted by Crippen LogP contribution is -2.27. The minimum atomic E-state index is -3.55. The summed E-state index contributed by atoms with van der Waals surface area (Å²) in [6.07, 6.45) is 1.65. The molecular formula is C18H18N2O4S. The van der Waals surface area contributed by atoms with Gasteiger partial charge in [-0.15, -0.1) is 0 Å². The number of aromatic nitrogens is 1. The zero-order valence-corrected chi connectivity index (χ0v) is 14.5. The molecule has 6 nitrogen and oxygen atoms in total. The van der Waals surface area contributed by atoms with Gasteiger partial charge in [-0.3, -0.25) is 0 Å². The first-order chi connectivity index (χ1) is 12.1. The number of ether oxygens (including phenoxy) is 1. The summed E-state index contributed by atoms with van der Waals surface area (Å²) >= 11 is 0. The van der Waals surface area contributed by atoms with E-state index in [1.54, 1.807) is 18.3 Å². The fourth-order valence-corrected chi connectivity index (χ4v) is 3.29. The lowest BCUT2D eigenvalue weighted by molar-refractivity contribution is 0.204. The third kappa shape index (κ3) is 4.14. The Kier molecular flexibility index (Phi) is 5.28. The Balaban J connectivity index is 1.78. The molecule has 1 N–H and O–H groups in total. The fraction of sp³-hybridized carbons (Fsp3) is 0.167. The van der Waals surface area contributed by atoms with Crippen molar-refractivity contribution in [3.8, 4) is 22.8 Å². The Morgan fingerprint density at radius 2 is 1.76 bits per heavy atom. The molecule has 0 radical (unpaired) electrons. The molecule has 7 heteroatoms. The van der Waals surface area contributed by atoms with Gasteiger partial charge in [0.25, 0.3) is 0 Å². The molecule has 0 bridgehead atoms. The van der Waals surface area contributed by atoms with Gasteiger partial charge in [-0.2, -0.15) is 0 Å². The van der Waals surface area contributed by atoms with Crippen molar-refractivity contribution in [3.05, 3.63) is 60.8 Å². The summed E-state index contributed by atoms with van der Waals surface area (Å²) in [6.45, 7) is 0.538. The molecule has 0 aliphatic heterocycles. The second kappa shape index (κ2) is 7.60. The zero-order valence-electron chi connectivity index (χ0n) is 13.7. The normalized spacial score (nSPS) is 11.6. The van der Waals surface area contributed by atoms with E-state index in [4.69, 9.17) is 9.15 Å². The van der Waals surface area contributed by atoms with Gasteiger partial charge in [-0.1, -0.05) is 30.3 Å². The maximum atomic E-state index is 12.1. The second-order valence-electron chi connectivity index (χ2n) is 5.31. The molecular weight excluding hydrogens is 340 g/mol. The molecule has 0 saturated carbocycles. The highest BCUT2D eigenvalue weighted by molar-refractivity contribution is 7.89. The molecule has 0 unspecified atom stereocenters. The van der Waals surface area contributed by atoms with Crippen molar-refractivity contribution in [1.29, 1.82) is 0 Å². The van der Waals surface area contributed by atoms with E-state index in [1.807, 2.05) is 30.3 Å². The summed E-state index contributed by atoms with van der Waals surface area (Å²) in [5, 5.41) is 0. The highest BCUT2D eigenvalue weighted by Crippen LogP contribution is 2.26. The van der Waals surface area contributed by atoms with Crippen LogP contribution < -0.4 is 4.72 Å². The van der Waals surface area contributed by atoms with Crippen molar-refractivity contribution in [2.24, 2.45) is 0 Å². The van der Waals surface area contributed by atoms with Crippen LogP contribution in [0.5, 0.6) is 0 Å². The van der Waals surface area contributed by atoms with Crippen molar-refractivity contribution in [1.82, 2.24) is 9.71 Å². The Labute approximate surface area is 146 Å². The largest absolute Gasteiger partial charge is 0.436 e. The van der Waals surface area contributed by atoms with E-state index in [1.165, 1.54) is 19.2 Å². The fourth-order valence-electron chi connectivity index (χ4n) is 2.28. The quantitative estimate of drug-likeness (QED) is 0.657. The van der Waals surface area contributed by atoms with Gasteiger partial charge in [-0.25, -0.2) is 18.1 Å². The van der Waals surface area contributed by atoms with Crippen LogP contribution in [0, 0.1) is 0 Å². The third-order valence-electron chi connectivity index (χ3n) is 3.57. The lowest BCUT2D eigenvalue weighted by atomic mass is 10.2. The van der Waals surface area contributed by atoms with Gasteiger partial charge in [0, 0.05) is 24.8 Å². The van der Waals surface area contributed by atoms with Gasteiger partial charge in [-0.05, 0) is 24.3 Å². The molecule has 3 rings (SSSR count). The van der Waals surface area contributed by atoms with Crippen LogP contribution in [0.2, 0.25) is 0 Å². The van der Waals surface area contributed by atoms with Crippen LogP contribution in [0.15, 0.2) is 70.1 Å². The Hall–Kier alpha value is -2.48. The predicted molar refractivity (Wildman–Crippen MR) is 94.4 cm³/mol. The number of rotatable bonds is 7. The second-order valence-corrected chi connectivity index (χ2v) is 7.08. The Morgan fingerprint density at radius 1 is 1.04 bits per heavy atom. The minimum Gasteiger partial charge on any atom is -0.436 e. The molecule has 0 amide bonds. The van der Waals surface area contributed by atoms with Gasteiger partial charge in [0.1, 0.15) is 0 Å². The number of oxazole rings is 1. The standard InChI is InChI=1S/C18H18N2O4S/c1-23-12-11-20-25(21,22)16-9-7-15(8-10-16)18-19-13-17(24-18)14-5-3-2-4-6-14/h2-10,13,20H,11-12H2,1H3. The topological polar surface area (TPSA) is 81.4 Å².